The Bertz CT molecular complexity index is 621. The standard InChI is InChI=1S/C15H25N3O10S/c1-16-5(3-7(19)20)12(23)18-8(11-9(21)10(22)15(27)28-11)13(24)17-6(4-29-2)14(25)26/h5-6,8-11,15-16,21-22,27H,3-4H2,1-2H3,(H,17,24)(H,18,23)(H,19,20)(H,25,26)/t5-,6-,8?,9?,10?,11?,15?/m0/s1. The van der Waals surface area contributed by atoms with Crippen LogP contribution in [0.1, 0.15) is 6.42 Å². The lowest BCUT2D eigenvalue weighted by Crippen LogP contribution is -2.61. The number of hydrogen-bond acceptors (Lipinski definition) is 10. The number of likely N-dealkylation sites (N-methyl/N-ethyl adjacent to an activating group) is 1. The number of rotatable bonds is 11. The fourth-order valence-electron chi connectivity index (χ4n) is 2.61. The molecule has 5 unspecified atom stereocenters. The minimum absolute atomic E-state index is 0.000772. The second-order valence-corrected chi connectivity index (χ2v) is 7.16. The molecule has 2 amide bonds. The number of amides is 2. The highest BCUT2D eigenvalue weighted by atomic mass is 32.2. The fraction of sp³-hybridized carbons (Fsp3) is 0.733. The van der Waals surface area contributed by atoms with Crippen molar-refractivity contribution in [3.8, 4) is 0 Å². The van der Waals surface area contributed by atoms with Crippen molar-refractivity contribution in [3.63, 3.8) is 0 Å². The lowest BCUT2D eigenvalue weighted by atomic mass is 10.0. The first-order chi connectivity index (χ1) is 13.5. The number of aliphatic hydroxyl groups excluding tert-OH is 3. The molecule has 166 valence electrons. The lowest BCUT2D eigenvalue weighted by molar-refractivity contribution is -0.150. The fourth-order valence-corrected chi connectivity index (χ4v) is 3.17. The maximum atomic E-state index is 12.7. The number of thioether (sulfide) groups is 1. The van der Waals surface area contributed by atoms with Gasteiger partial charge in [-0.05, 0) is 13.3 Å². The zero-order valence-corrected chi connectivity index (χ0v) is 16.5. The normalized spacial score (nSPS) is 26.9. The van der Waals surface area contributed by atoms with E-state index in [2.05, 4.69) is 16.0 Å². The lowest BCUT2D eigenvalue weighted by Gasteiger charge is -2.28. The largest absolute Gasteiger partial charge is 0.481 e. The number of aliphatic carboxylic acids is 2. The monoisotopic (exact) mass is 439 g/mol. The Morgan fingerprint density at radius 3 is 2.03 bits per heavy atom. The molecule has 0 saturated carbocycles. The predicted octanol–water partition coefficient (Wildman–Crippen LogP) is -4.09. The van der Waals surface area contributed by atoms with E-state index in [1.165, 1.54) is 7.05 Å². The van der Waals surface area contributed by atoms with E-state index in [1.54, 1.807) is 6.26 Å². The SMILES string of the molecule is CN[C@@H](CC(=O)O)C(=O)NC(C(=O)N[C@@H](CSC)C(=O)O)C1OC(O)C(O)C1O. The molecular formula is C15H25N3O10S. The van der Waals surface area contributed by atoms with Gasteiger partial charge in [0.25, 0.3) is 0 Å². The van der Waals surface area contributed by atoms with Crippen molar-refractivity contribution in [1.82, 2.24) is 16.0 Å². The van der Waals surface area contributed by atoms with Crippen molar-refractivity contribution >= 4 is 35.5 Å². The average Bonchev–Trinajstić information content (AvgIpc) is 2.90. The second-order valence-electron chi connectivity index (χ2n) is 6.25. The van der Waals surface area contributed by atoms with E-state index in [1.807, 2.05) is 0 Å². The van der Waals surface area contributed by atoms with Crippen LogP contribution in [-0.2, 0) is 23.9 Å². The van der Waals surface area contributed by atoms with E-state index in [4.69, 9.17) is 9.84 Å². The number of ether oxygens (including phenoxy) is 1. The Hall–Kier alpha value is -1.97. The van der Waals surface area contributed by atoms with Gasteiger partial charge in [0.1, 0.15) is 30.4 Å². The first kappa shape index (κ1) is 25.1. The van der Waals surface area contributed by atoms with Crippen LogP contribution in [0.25, 0.3) is 0 Å². The van der Waals surface area contributed by atoms with E-state index in [-0.39, 0.29) is 5.75 Å². The molecule has 0 aromatic rings. The Morgan fingerprint density at radius 1 is 1.00 bits per heavy atom. The van der Waals surface area contributed by atoms with Gasteiger partial charge in [0, 0.05) is 5.75 Å². The van der Waals surface area contributed by atoms with Crippen LogP contribution in [0.15, 0.2) is 0 Å². The van der Waals surface area contributed by atoms with Crippen molar-refractivity contribution in [2.75, 3.05) is 19.1 Å². The van der Waals surface area contributed by atoms with E-state index in [0.29, 0.717) is 0 Å². The summed E-state index contributed by atoms with van der Waals surface area (Å²) in [6, 6.07) is -4.31. The van der Waals surface area contributed by atoms with E-state index >= 15 is 0 Å². The number of carbonyl (C=O) groups excluding carboxylic acids is 2. The van der Waals surface area contributed by atoms with Crippen molar-refractivity contribution in [2.24, 2.45) is 0 Å². The van der Waals surface area contributed by atoms with Crippen molar-refractivity contribution in [1.29, 1.82) is 0 Å². The number of carbonyl (C=O) groups is 4. The molecule has 0 aromatic carbocycles. The summed E-state index contributed by atoms with van der Waals surface area (Å²) in [5.74, 6) is -4.65. The first-order valence-electron chi connectivity index (χ1n) is 8.44. The van der Waals surface area contributed by atoms with E-state index in [0.717, 1.165) is 11.8 Å². The predicted molar refractivity (Wildman–Crippen MR) is 97.9 cm³/mol. The summed E-state index contributed by atoms with van der Waals surface area (Å²) in [4.78, 5) is 47.2. The first-order valence-corrected chi connectivity index (χ1v) is 9.84. The van der Waals surface area contributed by atoms with Gasteiger partial charge in [0.15, 0.2) is 6.29 Å². The summed E-state index contributed by atoms with van der Waals surface area (Å²) in [6.07, 6.45) is -6.02. The van der Waals surface area contributed by atoms with Crippen LogP contribution in [0.5, 0.6) is 0 Å². The highest BCUT2D eigenvalue weighted by molar-refractivity contribution is 7.98. The Labute approximate surface area is 169 Å². The molecule has 13 nitrogen and oxygen atoms in total. The molecule has 1 saturated heterocycles. The molecule has 1 aliphatic heterocycles. The van der Waals surface area contributed by atoms with Gasteiger partial charge in [-0.3, -0.25) is 14.4 Å². The highest BCUT2D eigenvalue weighted by Crippen LogP contribution is 2.23. The Kier molecular flexibility index (Phi) is 9.75. The minimum Gasteiger partial charge on any atom is -0.481 e. The zero-order chi connectivity index (χ0) is 22.3. The van der Waals surface area contributed by atoms with Crippen LogP contribution in [0.2, 0.25) is 0 Å². The molecule has 29 heavy (non-hydrogen) atoms. The molecule has 0 spiro atoms. The topological polar surface area (TPSA) is 215 Å². The van der Waals surface area contributed by atoms with Crippen molar-refractivity contribution < 1.29 is 49.4 Å². The quantitative estimate of drug-likeness (QED) is 0.154. The average molecular weight is 439 g/mol. The number of carboxylic acid groups (broad SMARTS) is 2. The molecule has 1 aliphatic rings. The third-order valence-electron chi connectivity index (χ3n) is 4.18. The molecule has 0 bridgehead atoms. The molecule has 8 N–H and O–H groups in total. The van der Waals surface area contributed by atoms with Crippen LogP contribution in [0.3, 0.4) is 0 Å². The maximum Gasteiger partial charge on any atom is 0.327 e. The van der Waals surface area contributed by atoms with Crippen LogP contribution in [0, 0.1) is 0 Å². The van der Waals surface area contributed by atoms with Crippen molar-refractivity contribution in [3.05, 3.63) is 0 Å². The van der Waals surface area contributed by atoms with E-state index in [9.17, 15) is 39.6 Å². The smallest absolute Gasteiger partial charge is 0.327 e. The third kappa shape index (κ3) is 6.80. The molecular weight excluding hydrogens is 414 g/mol. The van der Waals surface area contributed by atoms with Gasteiger partial charge in [-0.25, -0.2) is 4.79 Å². The van der Waals surface area contributed by atoms with Crippen LogP contribution >= 0.6 is 11.8 Å². The minimum atomic E-state index is -1.84. The number of nitrogens with one attached hydrogen (secondary N) is 3. The van der Waals surface area contributed by atoms with Crippen LogP contribution < -0.4 is 16.0 Å². The van der Waals surface area contributed by atoms with Crippen LogP contribution in [0.4, 0.5) is 0 Å². The summed E-state index contributed by atoms with van der Waals surface area (Å²) in [6.45, 7) is 0. The maximum absolute atomic E-state index is 12.7. The number of aliphatic hydroxyl groups is 3. The van der Waals surface area contributed by atoms with Crippen LogP contribution in [-0.4, -0.2) is 111 Å². The van der Waals surface area contributed by atoms with Gasteiger partial charge in [-0.15, -0.1) is 0 Å². The highest BCUT2D eigenvalue weighted by Gasteiger charge is 2.49. The van der Waals surface area contributed by atoms with Gasteiger partial charge in [0.05, 0.1) is 12.5 Å². The van der Waals surface area contributed by atoms with Gasteiger partial charge < -0.3 is 46.2 Å². The second kappa shape index (κ2) is 11.3. The molecule has 0 aliphatic carbocycles. The summed E-state index contributed by atoms with van der Waals surface area (Å²) in [5, 5.41) is 54.2. The third-order valence-corrected chi connectivity index (χ3v) is 4.84. The zero-order valence-electron chi connectivity index (χ0n) is 15.6. The molecule has 1 heterocycles. The molecule has 7 atom stereocenters. The van der Waals surface area contributed by atoms with Crippen molar-refractivity contribution in [2.45, 2.75) is 49.1 Å². The number of carboxylic acids is 2. The molecule has 0 radical (unpaired) electrons. The number of hydrogen-bond donors (Lipinski definition) is 8. The molecule has 1 rings (SSSR count). The van der Waals surface area contributed by atoms with Gasteiger partial charge >= 0.3 is 11.9 Å². The Balaban J connectivity index is 3.08. The summed E-state index contributed by atoms with van der Waals surface area (Å²) in [7, 11) is 1.32. The van der Waals surface area contributed by atoms with Gasteiger partial charge in [-0.2, -0.15) is 11.8 Å². The summed E-state index contributed by atoms with van der Waals surface area (Å²) < 4.78 is 4.96. The molecule has 14 heteroatoms. The molecule has 1 fully saturated rings. The van der Waals surface area contributed by atoms with Gasteiger partial charge in [-0.1, -0.05) is 0 Å². The summed E-state index contributed by atoms with van der Waals surface area (Å²) >= 11 is 1.14. The van der Waals surface area contributed by atoms with Gasteiger partial charge in [0.2, 0.25) is 11.8 Å². The summed E-state index contributed by atoms with van der Waals surface area (Å²) in [5.41, 5.74) is 0. The van der Waals surface area contributed by atoms with E-state index < -0.39 is 72.9 Å². The molecule has 0 aromatic heterocycles. The Morgan fingerprint density at radius 2 is 1.62 bits per heavy atom.